The lowest BCUT2D eigenvalue weighted by atomic mass is 10.3. The van der Waals surface area contributed by atoms with E-state index in [1.165, 1.54) is 0 Å². The van der Waals surface area contributed by atoms with Gasteiger partial charge in [0.2, 0.25) is 0 Å². The summed E-state index contributed by atoms with van der Waals surface area (Å²) in [5.74, 6) is 0.620. The zero-order valence-electron chi connectivity index (χ0n) is 12.2. The van der Waals surface area contributed by atoms with Crippen molar-refractivity contribution in [2.75, 3.05) is 31.2 Å². The Hall–Kier alpha value is -2.47. The third-order valence-corrected chi connectivity index (χ3v) is 3.46. The van der Waals surface area contributed by atoms with Crippen molar-refractivity contribution in [1.82, 2.24) is 15.3 Å². The van der Waals surface area contributed by atoms with Gasteiger partial charge in [-0.3, -0.25) is 9.78 Å². The molecule has 22 heavy (non-hydrogen) atoms. The van der Waals surface area contributed by atoms with Crippen LogP contribution in [0.15, 0.2) is 42.6 Å². The van der Waals surface area contributed by atoms with Gasteiger partial charge < -0.3 is 15.0 Å². The van der Waals surface area contributed by atoms with E-state index in [2.05, 4.69) is 20.2 Å². The molecular formula is C16H18N4O2. The summed E-state index contributed by atoms with van der Waals surface area (Å²) in [6.07, 6.45) is 1.71. The molecule has 0 atom stereocenters. The van der Waals surface area contributed by atoms with Crippen LogP contribution in [0.2, 0.25) is 0 Å². The quantitative estimate of drug-likeness (QED) is 0.920. The number of carbonyl (C=O) groups is 1. The normalized spacial score (nSPS) is 14.6. The molecule has 3 heterocycles. The molecule has 1 N–H and O–H groups in total. The van der Waals surface area contributed by atoms with E-state index in [1.54, 1.807) is 12.3 Å². The number of rotatable bonds is 4. The molecule has 1 fully saturated rings. The maximum absolute atomic E-state index is 12.2. The lowest BCUT2D eigenvalue weighted by Crippen LogP contribution is -2.37. The molecule has 1 saturated heterocycles. The molecule has 2 aromatic rings. The van der Waals surface area contributed by atoms with E-state index in [0.717, 1.165) is 24.6 Å². The van der Waals surface area contributed by atoms with Crippen molar-refractivity contribution in [3.63, 3.8) is 0 Å². The van der Waals surface area contributed by atoms with E-state index < -0.39 is 0 Å². The highest BCUT2D eigenvalue weighted by molar-refractivity contribution is 5.92. The highest BCUT2D eigenvalue weighted by Gasteiger charge is 2.14. The van der Waals surface area contributed by atoms with Crippen LogP contribution in [-0.4, -0.2) is 42.2 Å². The molecule has 0 spiro atoms. The third kappa shape index (κ3) is 3.59. The number of pyridine rings is 2. The van der Waals surface area contributed by atoms with Gasteiger partial charge in [0.1, 0.15) is 11.5 Å². The van der Waals surface area contributed by atoms with Crippen molar-refractivity contribution in [2.45, 2.75) is 6.54 Å². The van der Waals surface area contributed by atoms with Crippen molar-refractivity contribution in [1.29, 1.82) is 0 Å². The Morgan fingerprint density at radius 2 is 2.05 bits per heavy atom. The third-order valence-electron chi connectivity index (χ3n) is 3.46. The van der Waals surface area contributed by atoms with Gasteiger partial charge in [-0.25, -0.2) is 4.98 Å². The first kappa shape index (κ1) is 14.5. The molecular weight excluding hydrogens is 280 g/mol. The Morgan fingerprint density at radius 1 is 1.18 bits per heavy atom. The first-order valence-corrected chi connectivity index (χ1v) is 7.31. The minimum absolute atomic E-state index is 0.194. The second-order valence-corrected chi connectivity index (χ2v) is 4.98. The molecule has 6 heteroatoms. The molecule has 6 nitrogen and oxygen atoms in total. The Morgan fingerprint density at radius 3 is 2.82 bits per heavy atom. The SMILES string of the molecule is O=C(NCc1ccccn1)c1cccc(N2CCOCC2)n1. The van der Waals surface area contributed by atoms with Gasteiger partial charge in [0.25, 0.3) is 5.91 Å². The topological polar surface area (TPSA) is 67.4 Å². The number of carbonyl (C=O) groups excluding carboxylic acids is 1. The smallest absolute Gasteiger partial charge is 0.270 e. The number of hydrogen-bond donors (Lipinski definition) is 1. The zero-order valence-corrected chi connectivity index (χ0v) is 12.2. The van der Waals surface area contributed by atoms with Gasteiger partial charge in [-0.15, -0.1) is 0 Å². The molecule has 0 aromatic carbocycles. The van der Waals surface area contributed by atoms with Crippen LogP contribution in [0, 0.1) is 0 Å². The monoisotopic (exact) mass is 298 g/mol. The molecule has 0 bridgehead atoms. The van der Waals surface area contributed by atoms with Crippen molar-refractivity contribution in [3.8, 4) is 0 Å². The average Bonchev–Trinajstić information content (AvgIpc) is 2.61. The largest absolute Gasteiger partial charge is 0.378 e. The minimum Gasteiger partial charge on any atom is -0.378 e. The van der Waals surface area contributed by atoms with E-state index in [-0.39, 0.29) is 5.91 Å². The fraction of sp³-hybridized carbons (Fsp3) is 0.312. The number of nitrogens with one attached hydrogen (secondary N) is 1. The molecule has 1 aliphatic rings. The summed E-state index contributed by atoms with van der Waals surface area (Å²) in [5.41, 5.74) is 1.24. The number of ether oxygens (including phenoxy) is 1. The molecule has 2 aromatic heterocycles. The summed E-state index contributed by atoms with van der Waals surface area (Å²) >= 11 is 0. The van der Waals surface area contributed by atoms with Crippen LogP contribution in [0.1, 0.15) is 16.2 Å². The molecule has 0 saturated carbocycles. The summed E-state index contributed by atoms with van der Waals surface area (Å²) in [5, 5.41) is 2.84. The van der Waals surface area contributed by atoms with Crippen molar-refractivity contribution >= 4 is 11.7 Å². The Balaban J connectivity index is 1.64. The minimum atomic E-state index is -0.194. The molecule has 3 rings (SSSR count). The maximum atomic E-state index is 12.2. The molecule has 1 aliphatic heterocycles. The number of nitrogens with zero attached hydrogens (tertiary/aromatic N) is 3. The first-order chi connectivity index (χ1) is 10.8. The standard InChI is InChI=1S/C16H18N4O2/c21-16(18-12-13-4-1-2-7-17-13)14-5-3-6-15(19-14)20-8-10-22-11-9-20/h1-7H,8-12H2,(H,18,21). The number of hydrogen-bond acceptors (Lipinski definition) is 5. The van der Waals surface area contributed by atoms with Gasteiger partial charge in [0.05, 0.1) is 25.5 Å². The summed E-state index contributed by atoms with van der Waals surface area (Å²) < 4.78 is 5.33. The van der Waals surface area contributed by atoms with Gasteiger partial charge in [-0.05, 0) is 24.3 Å². The number of amides is 1. The van der Waals surface area contributed by atoms with Crippen molar-refractivity contribution in [3.05, 3.63) is 54.0 Å². The Kier molecular flexibility index (Phi) is 4.60. The number of aromatic nitrogens is 2. The molecule has 1 amide bonds. The first-order valence-electron chi connectivity index (χ1n) is 7.31. The van der Waals surface area contributed by atoms with Crippen molar-refractivity contribution < 1.29 is 9.53 Å². The van der Waals surface area contributed by atoms with Gasteiger partial charge in [-0.1, -0.05) is 12.1 Å². The fourth-order valence-corrected chi connectivity index (χ4v) is 2.28. The predicted octanol–water partition coefficient (Wildman–Crippen LogP) is 1.24. The van der Waals surface area contributed by atoms with Crippen LogP contribution in [0.3, 0.4) is 0 Å². The highest BCUT2D eigenvalue weighted by atomic mass is 16.5. The van der Waals surface area contributed by atoms with Gasteiger partial charge >= 0.3 is 0 Å². The second kappa shape index (κ2) is 7.00. The summed E-state index contributed by atoms with van der Waals surface area (Å²) in [6, 6.07) is 11.1. The zero-order chi connectivity index (χ0) is 15.2. The molecule has 0 unspecified atom stereocenters. The average molecular weight is 298 g/mol. The van der Waals surface area contributed by atoms with Gasteiger partial charge in [0.15, 0.2) is 0 Å². The van der Waals surface area contributed by atoms with Crippen LogP contribution in [0.4, 0.5) is 5.82 Å². The van der Waals surface area contributed by atoms with E-state index in [9.17, 15) is 4.79 Å². The van der Waals surface area contributed by atoms with Gasteiger partial charge in [0, 0.05) is 19.3 Å². The summed E-state index contributed by atoms with van der Waals surface area (Å²) in [7, 11) is 0. The van der Waals surface area contributed by atoms with Gasteiger partial charge in [-0.2, -0.15) is 0 Å². The van der Waals surface area contributed by atoms with Crippen LogP contribution < -0.4 is 10.2 Å². The van der Waals surface area contributed by atoms with E-state index >= 15 is 0 Å². The molecule has 0 aliphatic carbocycles. The lowest BCUT2D eigenvalue weighted by molar-refractivity contribution is 0.0945. The molecule has 0 radical (unpaired) electrons. The van der Waals surface area contributed by atoms with Crippen molar-refractivity contribution in [2.24, 2.45) is 0 Å². The fourth-order valence-electron chi connectivity index (χ4n) is 2.28. The molecule has 114 valence electrons. The lowest BCUT2D eigenvalue weighted by Gasteiger charge is -2.27. The second-order valence-electron chi connectivity index (χ2n) is 4.98. The van der Waals surface area contributed by atoms with Crippen LogP contribution in [0.5, 0.6) is 0 Å². The Labute approximate surface area is 129 Å². The van der Waals surface area contributed by atoms with Crippen LogP contribution in [-0.2, 0) is 11.3 Å². The number of anilines is 1. The van der Waals surface area contributed by atoms with E-state index in [4.69, 9.17) is 4.74 Å². The maximum Gasteiger partial charge on any atom is 0.270 e. The number of morpholine rings is 1. The summed E-state index contributed by atoms with van der Waals surface area (Å²) in [6.45, 7) is 3.37. The summed E-state index contributed by atoms with van der Waals surface area (Å²) in [4.78, 5) is 23.0. The highest BCUT2D eigenvalue weighted by Crippen LogP contribution is 2.13. The van der Waals surface area contributed by atoms with Crippen LogP contribution in [0.25, 0.3) is 0 Å². The van der Waals surface area contributed by atoms with Crippen LogP contribution >= 0.6 is 0 Å². The van der Waals surface area contributed by atoms with E-state index in [1.807, 2.05) is 30.3 Å². The van der Waals surface area contributed by atoms with E-state index in [0.29, 0.717) is 25.5 Å². The Bertz CT molecular complexity index is 627. The predicted molar refractivity (Wildman–Crippen MR) is 82.7 cm³/mol.